The Labute approximate surface area is 299 Å². The fraction of sp³-hybridized carbons (Fsp3) is 0.556. The van der Waals surface area contributed by atoms with E-state index in [0.717, 1.165) is 34.7 Å². The Bertz CT molecular complexity index is 1440. The molecule has 0 saturated heterocycles. The van der Waals surface area contributed by atoms with Crippen molar-refractivity contribution in [2.45, 2.75) is 153 Å². The van der Waals surface area contributed by atoms with Crippen LogP contribution >= 0.6 is 11.3 Å². The molecule has 0 saturated carbocycles. The fourth-order valence-electron chi connectivity index (χ4n) is 5.05. The largest absolute Gasteiger partial charge is 0.466 e. The molecule has 1 aromatic carbocycles. The zero-order valence-electron chi connectivity index (χ0n) is 33.3. The van der Waals surface area contributed by atoms with E-state index in [4.69, 9.17) is 8.83 Å². The summed E-state index contributed by atoms with van der Waals surface area (Å²) in [6.45, 7) is 35.3. The zero-order chi connectivity index (χ0) is 36.3. The highest BCUT2D eigenvalue weighted by molar-refractivity contribution is 7.12. The van der Waals surface area contributed by atoms with Crippen molar-refractivity contribution in [2.75, 3.05) is 0 Å². The second-order valence-corrected chi connectivity index (χ2v) is 17.0. The Morgan fingerprint density at radius 3 is 1.21 bits per heavy atom. The van der Waals surface area contributed by atoms with Crippen molar-refractivity contribution in [3.8, 4) is 0 Å². The van der Waals surface area contributed by atoms with Gasteiger partial charge in [-0.05, 0) is 78.0 Å². The smallest absolute Gasteiger partial charge is 0.134 e. The summed E-state index contributed by atoms with van der Waals surface area (Å²) in [6, 6.07) is 17.3. The van der Waals surface area contributed by atoms with Crippen LogP contribution in [0.15, 0.2) is 80.7 Å². The highest BCUT2D eigenvalue weighted by Crippen LogP contribution is 2.31. The van der Waals surface area contributed by atoms with Gasteiger partial charge in [0, 0.05) is 32.9 Å². The minimum absolute atomic E-state index is 0.458. The molecule has 1 aliphatic rings. The molecular formula is C45H68O2S. The van der Waals surface area contributed by atoms with E-state index in [1.54, 1.807) is 11.1 Å². The van der Waals surface area contributed by atoms with Crippen LogP contribution in [0, 0.1) is 11.8 Å². The molecule has 2 nitrogen and oxygen atoms in total. The van der Waals surface area contributed by atoms with E-state index in [1.807, 2.05) is 11.3 Å². The van der Waals surface area contributed by atoms with E-state index in [0.29, 0.717) is 35.5 Å². The first-order chi connectivity index (χ1) is 22.4. The van der Waals surface area contributed by atoms with Crippen LogP contribution < -0.4 is 0 Å². The third-order valence-electron chi connectivity index (χ3n) is 8.77. The Kier molecular flexibility index (Phi) is 16.7. The van der Waals surface area contributed by atoms with Gasteiger partial charge in [-0.25, -0.2) is 0 Å². The lowest BCUT2D eigenvalue weighted by Gasteiger charge is -2.10. The average molecular weight is 673 g/mol. The van der Waals surface area contributed by atoms with Crippen molar-refractivity contribution in [2.24, 2.45) is 11.8 Å². The maximum atomic E-state index is 5.82. The van der Waals surface area contributed by atoms with Gasteiger partial charge in [-0.15, -0.1) is 11.3 Å². The Balaban J connectivity index is 0.000000225. The molecule has 5 rings (SSSR count). The van der Waals surface area contributed by atoms with Crippen LogP contribution in [-0.2, 0) is 0 Å². The van der Waals surface area contributed by atoms with E-state index in [1.165, 1.54) is 27.1 Å². The normalized spacial score (nSPS) is 13.0. The van der Waals surface area contributed by atoms with Crippen molar-refractivity contribution in [3.63, 3.8) is 0 Å². The summed E-state index contributed by atoms with van der Waals surface area (Å²) in [5.41, 5.74) is 5.54. The molecule has 4 aromatic rings. The number of furan rings is 2. The lowest BCUT2D eigenvalue weighted by molar-refractivity contribution is 0.432. The molecule has 3 heterocycles. The van der Waals surface area contributed by atoms with Crippen molar-refractivity contribution in [1.82, 2.24) is 0 Å². The SMILES string of the molecule is CC(C)C1=CC=C(C(C)C)C1.CC(C)c1ccc(C(C)C)o1.CC(C)c1ccc(C(C)C)s1.CC(C)c1ccc2cc(C(C)C)oc2c1. The zero-order valence-corrected chi connectivity index (χ0v) is 34.1. The number of hydrogen-bond donors (Lipinski definition) is 0. The van der Waals surface area contributed by atoms with Crippen molar-refractivity contribution in [1.29, 1.82) is 0 Å². The molecule has 0 spiro atoms. The van der Waals surface area contributed by atoms with Gasteiger partial charge in [-0.3, -0.25) is 0 Å². The van der Waals surface area contributed by atoms with E-state index >= 15 is 0 Å². The molecule has 0 bridgehead atoms. The molecule has 0 atom stereocenters. The van der Waals surface area contributed by atoms with Gasteiger partial charge in [0.15, 0.2) is 0 Å². The summed E-state index contributed by atoms with van der Waals surface area (Å²) in [4.78, 5) is 3.02. The van der Waals surface area contributed by atoms with Gasteiger partial charge in [0.1, 0.15) is 22.9 Å². The Morgan fingerprint density at radius 2 is 0.896 bits per heavy atom. The van der Waals surface area contributed by atoms with Crippen LogP contribution in [0.2, 0.25) is 0 Å². The third kappa shape index (κ3) is 12.9. The van der Waals surface area contributed by atoms with Gasteiger partial charge in [0.05, 0.1) is 0 Å². The van der Waals surface area contributed by atoms with Crippen LogP contribution in [-0.4, -0.2) is 0 Å². The molecular weight excluding hydrogens is 605 g/mol. The molecule has 3 aromatic heterocycles. The first-order valence-corrected chi connectivity index (χ1v) is 19.3. The molecule has 1 aliphatic carbocycles. The Morgan fingerprint density at radius 1 is 0.438 bits per heavy atom. The van der Waals surface area contributed by atoms with Crippen LogP contribution in [0.4, 0.5) is 0 Å². The lowest BCUT2D eigenvalue weighted by atomic mass is 9.95. The van der Waals surface area contributed by atoms with Gasteiger partial charge in [0.25, 0.3) is 0 Å². The number of fused-ring (bicyclic) bond motifs is 1. The third-order valence-corrected chi connectivity index (χ3v) is 10.5. The summed E-state index contributed by atoms with van der Waals surface area (Å²) >= 11 is 1.95. The van der Waals surface area contributed by atoms with E-state index in [2.05, 4.69) is 171 Å². The predicted octanol–water partition coefficient (Wildman–Crippen LogP) is 15.8. The highest BCUT2D eigenvalue weighted by Gasteiger charge is 2.13. The number of rotatable bonds is 8. The summed E-state index contributed by atoms with van der Waals surface area (Å²) in [7, 11) is 0. The van der Waals surface area contributed by atoms with Gasteiger partial charge in [-0.1, -0.05) is 146 Å². The second kappa shape index (κ2) is 19.4. The molecule has 0 fully saturated rings. The quantitative estimate of drug-likeness (QED) is 0.186. The van der Waals surface area contributed by atoms with E-state index < -0.39 is 0 Å². The average Bonchev–Trinajstić information content (AvgIpc) is 3.83. The molecule has 266 valence electrons. The van der Waals surface area contributed by atoms with E-state index in [-0.39, 0.29) is 0 Å². The molecule has 0 amide bonds. The van der Waals surface area contributed by atoms with Gasteiger partial charge < -0.3 is 8.83 Å². The summed E-state index contributed by atoms with van der Waals surface area (Å²) in [5.74, 6) is 8.10. The molecule has 0 unspecified atom stereocenters. The lowest BCUT2D eigenvalue weighted by Crippen LogP contribution is -1.95. The van der Waals surface area contributed by atoms with Crippen molar-refractivity contribution < 1.29 is 8.83 Å². The summed E-state index contributed by atoms with van der Waals surface area (Å²) in [6.07, 6.45) is 5.80. The van der Waals surface area contributed by atoms with Gasteiger partial charge in [0.2, 0.25) is 0 Å². The minimum atomic E-state index is 0.458. The fourth-order valence-corrected chi connectivity index (χ4v) is 6.07. The maximum absolute atomic E-state index is 5.82. The predicted molar refractivity (Wildman–Crippen MR) is 214 cm³/mol. The number of hydrogen-bond acceptors (Lipinski definition) is 3. The summed E-state index contributed by atoms with van der Waals surface area (Å²) in [5, 5.41) is 1.21. The van der Waals surface area contributed by atoms with Gasteiger partial charge >= 0.3 is 0 Å². The number of thiophene rings is 1. The maximum Gasteiger partial charge on any atom is 0.134 e. The minimum Gasteiger partial charge on any atom is -0.466 e. The van der Waals surface area contributed by atoms with Crippen LogP contribution in [0.25, 0.3) is 11.0 Å². The number of benzene rings is 1. The monoisotopic (exact) mass is 672 g/mol. The van der Waals surface area contributed by atoms with Crippen molar-refractivity contribution >= 4 is 22.3 Å². The molecule has 0 aliphatic heterocycles. The Hall–Kier alpha value is -2.78. The number of allylic oxidation sites excluding steroid dienone is 4. The van der Waals surface area contributed by atoms with Crippen LogP contribution in [0.3, 0.4) is 0 Å². The topological polar surface area (TPSA) is 26.3 Å². The molecule has 0 radical (unpaired) electrons. The van der Waals surface area contributed by atoms with Crippen molar-refractivity contribution in [3.05, 3.63) is 104 Å². The van der Waals surface area contributed by atoms with Gasteiger partial charge in [-0.2, -0.15) is 0 Å². The first-order valence-electron chi connectivity index (χ1n) is 18.5. The molecule has 0 N–H and O–H groups in total. The highest BCUT2D eigenvalue weighted by atomic mass is 32.1. The second-order valence-electron chi connectivity index (χ2n) is 15.8. The standard InChI is InChI=1S/C14H18O.C11H18.C10H16O.C10H16S/c1-9(2)11-5-6-12-8-13(10(3)4)15-14(12)7-11;1-8(2)10-5-6-11(7-10)9(3)4;2*1-7(2)9-5-6-10(11-9)8(3)4/h5-10H,1-4H3;5-6,8-9H,7H2,1-4H3;2*5-8H,1-4H3. The molecule has 48 heavy (non-hydrogen) atoms. The van der Waals surface area contributed by atoms with Crippen LogP contribution in [0.5, 0.6) is 0 Å². The molecule has 3 heteroatoms. The first kappa shape index (κ1) is 41.4. The van der Waals surface area contributed by atoms with Crippen LogP contribution in [0.1, 0.15) is 185 Å². The summed E-state index contributed by atoms with van der Waals surface area (Å²) < 4.78 is 11.4. The van der Waals surface area contributed by atoms with E-state index in [9.17, 15) is 0 Å².